The van der Waals surface area contributed by atoms with Crippen LogP contribution in [0.1, 0.15) is 23.3 Å². The van der Waals surface area contributed by atoms with Crippen LogP contribution in [0.3, 0.4) is 0 Å². The lowest BCUT2D eigenvalue weighted by atomic mass is 9.86. The Labute approximate surface area is 188 Å². The average Bonchev–Trinajstić information content (AvgIpc) is 3.44. The normalized spacial score (nSPS) is 15.5. The number of likely N-dealkylation sites (N-methyl/N-ethyl adjacent to an activating group) is 1. The molecule has 1 fully saturated rings. The molecular weight excluding hydrogens is 432 g/mol. The number of aromatic nitrogens is 3. The van der Waals surface area contributed by atoms with Gasteiger partial charge < -0.3 is 32.1 Å². The molecule has 0 saturated carbocycles. The van der Waals surface area contributed by atoms with Crippen LogP contribution in [0.2, 0.25) is 0 Å². The number of anilines is 3. The van der Waals surface area contributed by atoms with Crippen molar-refractivity contribution in [2.24, 2.45) is 5.73 Å². The zero-order chi connectivity index (χ0) is 22.9. The van der Waals surface area contributed by atoms with E-state index in [1.807, 2.05) is 4.90 Å². The van der Waals surface area contributed by atoms with Crippen LogP contribution >= 0.6 is 11.3 Å². The smallest absolute Gasteiger partial charge is 0.275 e. The van der Waals surface area contributed by atoms with Crippen molar-refractivity contribution >= 4 is 40.2 Å². The van der Waals surface area contributed by atoms with Gasteiger partial charge in [-0.3, -0.25) is 9.59 Å². The number of hydrogen-bond acceptors (Lipinski definition) is 9. The van der Waals surface area contributed by atoms with Crippen molar-refractivity contribution in [1.29, 1.82) is 0 Å². The summed E-state index contributed by atoms with van der Waals surface area (Å²) in [4.78, 5) is 31.1. The predicted molar refractivity (Wildman–Crippen MR) is 122 cm³/mol. The summed E-state index contributed by atoms with van der Waals surface area (Å²) in [5.41, 5.74) is 12.4. The molecule has 0 spiro atoms. The zero-order valence-electron chi connectivity index (χ0n) is 17.4. The Morgan fingerprint density at radius 1 is 1.28 bits per heavy atom. The molecule has 0 bridgehead atoms. The van der Waals surface area contributed by atoms with E-state index in [9.17, 15) is 14.7 Å². The number of primary amides is 1. The first-order valence-corrected chi connectivity index (χ1v) is 10.8. The number of nitrogens with one attached hydrogen (secondary N) is 2. The molecule has 1 aliphatic heterocycles. The molecule has 168 valence electrons. The molecule has 2 aromatic heterocycles. The fraction of sp³-hybridized carbons (Fsp3) is 0.300. The van der Waals surface area contributed by atoms with Crippen LogP contribution in [0.5, 0.6) is 5.75 Å². The van der Waals surface area contributed by atoms with Crippen LogP contribution in [0.25, 0.3) is 5.13 Å². The largest absolute Gasteiger partial charge is 0.508 e. The summed E-state index contributed by atoms with van der Waals surface area (Å²) in [5.74, 6) is -0.703. The van der Waals surface area contributed by atoms with Gasteiger partial charge in [0.05, 0.1) is 29.5 Å². The highest BCUT2D eigenvalue weighted by atomic mass is 32.1. The molecule has 3 heterocycles. The summed E-state index contributed by atoms with van der Waals surface area (Å²) in [7, 11) is 1.72. The maximum atomic E-state index is 12.8. The molecule has 12 heteroatoms. The van der Waals surface area contributed by atoms with Crippen LogP contribution in [0.15, 0.2) is 36.0 Å². The highest BCUT2D eigenvalue weighted by Crippen LogP contribution is 2.34. The molecule has 0 atom stereocenters. The van der Waals surface area contributed by atoms with E-state index < -0.39 is 11.4 Å². The van der Waals surface area contributed by atoms with Crippen molar-refractivity contribution in [2.45, 2.75) is 18.4 Å². The molecule has 0 aliphatic carbocycles. The van der Waals surface area contributed by atoms with Gasteiger partial charge in [0.1, 0.15) is 17.0 Å². The maximum Gasteiger partial charge on any atom is 0.275 e. The van der Waals surface area contributed by atoms with Crippen molar-refractivity contribution < 1.29 is 14.7 Å². The van der Waals surface area contributed by atoms with Crippen molar-refractivity contribution in [2.75, 3.05) is 36.1 Å². The summed E-state index contributed by atoms with van der Waals surface area (Å²) in [6, 6.07) is 4.73. The number of benzene rings is 1. The lowest BCUT2D eigenvalue weighted by molar-refractivity contribution is -0.125. The first kappa shape index (κ1) is 21.6. The molecule has 32 heavy (non-hydrogen) atoms. The van der Waals surface area contributed by atoms with Crippen LogP contribution in [-0.4, -0.2) is 57.4 Å². The third-order valence-corrected chi connectivity index (χ3v) is 6.49. The Bertz CT molecular complexity index is 1150. The monoisotopic (exact) mass is 456 g/mol. The van der Waals surface area contributed by atoms with Crippen LogP contribution < -0.4 is 27.0 Å². The molecule has 0 unspecified atom stereocenters. The molecule has 0 radical (unpaired) electrons. The predicted octanol–water partition coefficient (Wildman–Crippen LogP) is 0.913. The van der Waals surface area contributed by atoms with Gasteiger partial charge in [0.2, 0.25) is 11.0 Å². The number of nitrogen functional groups attached to an aromatic ring is 1. The number of phenols is 1. The van der Waals surface area contributed by atoms with Crippen molar-refractivity contribution in [1.82, 2.24) is 20.1 Å². The Morgan fingerprint density at radius 2 is 2.03 bits per heavy atom. The van der Waals surface area contributed by atoms with Crippen molar-refractivity contribution in [3.63, 3.8) is 0 Å². The number of phenolic OH excluding ortho intramolecular Hbond substituents is 1. The lowest BCUT2D eigenvalue weighted by Crippen LogP contribution is -2.59. The Morgan fingerprint density at radius 3 is 2.66 bits per heavy atom. The number of nitrogens with zero attached hydrogens (tertiary/aromatic N) is 4. The minimum Gasteiger partial charge on any atom is -0.508 e. The van der Waals surface area contributed by atoms with E-state index in [4.69, 9.17) is 11.5 Å². The standard InChI is InChI=1S/C20H24N8O3S/c1-23-20(18(22)31)4-6-27(7-5-20)16-8-13(29)2-3-14(16)25-17(30)15-11-32-19(26-15)28-10-12(21)9-24-28/h2-3,8-11,23,29H,4-7,21H2,1H3,(H2,22,31)(H,25,30). The third kappa shape index (κ3) is 4.09. The molecule has 1 aliphatic rings. The van der Waals surface area contributed by atoms with Gasteiger partial charge in [-0.25, -0.2) is 9.67 Å². The highest BCUT2D eigenvalue weighted by Gasteiger charge is 2.39. The number of nitrogens with two attached hydrogens (primary N) is 2. The van der Waals surface area contributed by atoms with E-state index in [2.05, 4.69) is 20.7 Å². The zero-order valence-corrected chi connectivity index (χ0v) is 18.2. The van der Waals surface area contributed by atoms with Crippen LogP contribution in [0.4, 0.5) is 17.1 Å². The maximum absolute atomic E-state index is 12.8. The van der Waals surface area contributed by atoms with Gasteiger partial charge in [-0.15, -0.1) is 11.3 Å². The molecule has 2 amide bonds. The summed E-state index contributed by atoms with van der Waals surface area (Å²) in [5, 5.41) is 22.2. The van der Waals surface area contributed by atoms with E-state index in [1.165, 1.54) is 28.3 Å². The second-order valence-electron chi connectivity index (χ2n) is 7.57. The molecule has 7 N–H and O–H groups in total. The number of hydrogen-bond donors (Lipinski definition) is 5. The SMILES string of the molecule is CNC1(C(N)=O)CCN(c2cc(O)ccc2NC(=O)c2csc(-n3cc(N)cn3)n2)CC1. The number of carbonyl (C=O) groups is 2. The Hall–Kier alpha value is -3.64. The lowest BCUT2D eigenvalue weighted by Gasteiger charge is -2.41. The minimum absolute atomic E-state index is 0.0746. The first-order valence-electron chi connectivity index (χ1n) is 9.95. The number of aromatic hydroxyl groups is 1. The van der Waals surface area contributed by atoms with E-state index in [1.54, 1.807) is 30.8 Å². The number of carbonyl (C=O) groups excluding carboxylic acids is 2. The topological polar surface area (TPSA) is 164 Å². The summed E-state index contributed by atoms with van der Waals surface area (Å²) < 4.78 is 1.50. The molecule has 11 nitrogen and oxygen atoms in total. The molecule has 3 aromatic rings. The van der Waals surface area contributed by atoms with E-state index in [0.29, 0.717) is 48.1 Å². The number of amides is 2. The second-order valence-corrected chi connectivity index (χ2v) is 8.41. The van der Waals surface area contributed by atoms with Gasteiger partial charge in [0.15, 0.2) is 0 Å². The van der Waals surface area contributed by atoms with Crippen LogP contribution in [0, 0.1) is 0 Å². The molecule has 4 rings (SSSR count). The van der Waals surface area contributed by atoms with E-state index in [-0.39, 0.29) is 17.4 Å². The Balaban J connectivity index is 1.52. The van der Waals surface area contributed by atoms with Gasteiger partial charge in [-0.05, 0) is 32.0 Å². The molecular formula is C20H24N8O3S. The first-order chi connectivity index (χ1) is 15.3. The van der Waals surface area contributed by atoms with Gasteiger partial charge >= 0.3 is 0 Å². The molecule has 1 saturated heterocycles. The summed E-state index contributed by atoms with van der Waals surface area (Å²) in [6.07, 6.45) is 4.13. The highest BCUT2D eigenvalue weighted by molar-refractivity contribution is 7.12. The fourth-order valence-corrected chi connectivity index (χ4v) is 4.47. The van der Waals surface area contributed by atoms with E-state index >= 15 is 0 Å². The molecule has 1 aromatic carbocycles. The Kier molecular flexibility index (Phi) is 5.72. The van der Waals surface area contributed by atoms with Gasteiger partial charge in [-0.2, -0.15) is 5.10 Å². The third-order valence-electron chi connectivity index (χ3n) is 5.66. The van der Waals surface area contributed by atoms with Crippen LogP contribution in [-0.2, 0) is 4.79 Å². The van der Waals surface area contributed by atoms with Gasteiger partial charge in [0.25, 0.3) is 5.91 Å². The van der Waals surface area contributed by atoms with E-state index in [0.717, 1.165) is 0 Å². The van der Waals surface area contributed by atoms with Crippen molar-refractivity contribution in [3.05, 3.63) is 41.7 Å². The fourth-order valence-electron chi connectivity index (χ4n) is 3.74. The number of thiazole rings is 1. The minimum atomic E-state index is -0.760. The van der Waals surface area contributed by atoms with Gasteiger partial charge in [-0.1, -0.05) is 0 Å². The quantitative estimate of drug-likeness (QED) is 0.342. The average molecular weight is 457 g/mol. The summed E-state index contributed by atoms with van der Waals surface area (Å²) >= 11 is 1.27. The number of piperidine rings is 1. The number of rotatable bonds is 6. The second kappa shape index (κ2) is 8.48. The summed E-state index contributed by atoms with van der Waals surface area (Å²) in [6.45, 7) is 1.05. The van der Waals surface area contributed by atoms with Crippen molar-refractivity contribution in [3.8, 4) is 10.9 Å². The van der Waals surface area contributed by atoms with Gasteiger partial charge in [0, 0.05) is 24.5 Å².